The highest BCUT2D eigenvalue weighted by Crippen LogP contribution is 2.25. The van der Waals surface area contributed by atoms with Gasteiger partial charge in [0.25, 0.3) is 5.91 Å². The standard InChI is InChI=1S/C24H27N3O3/c1-24(2,3)30-22(28)17-26(4)23(29)21-9-6-5-8-20(21)19-12-10-18(11-13-19)16-27-15-7-14-25-27/h5-15H,16-17H2,1-4H3. The van der Waals surface area contributed by atoms with Crippen LogP contribution >= 0.6 is 0 Å². The molecule has 0 spiro atoms. The second kappa shape index (κ2) is 8.95. The first-order valence-corrected chi connectivity index (χ1v) is 9.86. The number of esters is 1. The van der Waals surface area contributed by atoms with Gasteiger partial charge in [0.05, 0.1) is 6.54 Å². The van der Waals surface area contributed by atoms with Crippen molar-refractivity contribution in [1.29, 1.82) is 0 Å². The van der Waals surface area contributed by atoms with Crippen molar-refractivity contribution < 1.29 is 14.3 Å². The molecular weight excluding hydrogens is 378 g/mol. The van der Waals surface area contributed by atoms with Crippen LogP contribution in [0.1, 0.15) is 36.7 Å². The van der Waals surface area contributed by atoms with Gasteiger partial charge in [-0.25, -0.2) is 0 Å². The van der Waals surface area contributed by atoms with Gasteiger partial charge in [-0.15, -0.1) is 0 Å². The second-order valence-corrected chi connectivity index (χ2v) is 8.19. The summed E-state index contributed by atoms with van der Waals surface area (Å²) in [4.78, 5) is 26.5. The van der Waals surface area contributed by atoms with Gasteiger partial charge in [0.15, 0.2) is 0 Å². The Labute approximate surface area is 177 Å². The van der Waals surface area contributed by atoms with Crippen molar-refractivity contribution >= 4 is 11.9 Å². The average Bonchev–Trinajstić information content (AvgIpc) is 3.19. The van der Waals surface area contributed by atoms with Gasteiger partial charge in [0.2, 0.25) is 0 Å². The number of hydrogen-bond donors (Lipinski definition) is 0. The lowest BCUT2D eigenvalue weighted by Gasteiger charge is -2.23. The molecular formula is C24H27N3O3. The Morgan fingerprint density at radius 3 is 2.37 bits per heavy atom. The van der Waals surface area contributed by atoms with E-state index < -0.39 is 11.6 Å². The molecule has 0 saturated carbocycles. The summed E-state index contributed by atoms with van der Waals surface area (Å²) < 4.78 is 7.18. The van der Waals surface area contributed by atoms with Crippen molar-refractivity contribution in [1.82, 2.24) is 14.7 Å². The minimum Gasteiger partial charge on any atom is -0.459 e. The molecule has 3 aromatic rings. The lowest BCUT2D eigenvalue weighted by Crippen LogP contribution is -2.36. The van der Waals surface area contributed by atoms with Crippen molar-refractivity contribution in [2.45, 2.75) is 32.9 Å². The van der Waals surface area contributed by atoms with E-state index in [9.17, 15) is 9.59 Å². The molecule has 0 atom stereocenters. The fourth-order valence-corrected chi connectivity index (χ4v) is 3.14. The summed E-state index contributed by atoms with van der Waals surface area (Å²) in [6.45, 7) is 5.99. The Morgan fingerprint density at radius 1 is 1.03 bits per heavy atom. The number of ether oxygens (including phenoxy) is 1. The van der Waals surface area contributed by atoms with E-state index in [1.165, 1.54) is 4.90 Å². The minimum atomic E-state index is -0.587. The number of carbonyl (C=O) groups is 2. The van der Waals surface area contributed by atoms with Crippen molar-refractivity contribution in [2.75, 3.05) is 13.6 Å². The molecule has 0 N–H and O–H groups in total. The number of nitrogens with zero attached hydrogens (tertiary/aromatic N) is 3. The summed E-state index contributed by atoms with van der Waals surface area (Å²) in [6, 6.07) is 17.4. The van der Waals surface area contributed by atoms with Crippen LogP contribution in [0.3, 0.4) is 0 Å². The maximum absolute atomic E-state index is 13.0. The summed E-state index contributed by atoms with van der Waals surface area (Å²) in [5, 5.41) is 4.22. The molecule has 0 aliphatic carbocycles. The van der Waals surface area contributed by atoms with E-state index in [0.717, 1.165) is 16.7 Å². The molecule has 0 fully saturated rings. The number of benzene rings is 2. The van der Waals surface area contributed by atoms with Crippen LogP contribution in [0.4, 0.5) is 0 Å². The van der Waals surface area contributed by atoms with Gasteiger partial charge < -0.3 is 9.64 Å². The lowest BCUT2D eigenvalue weighted by atomic mass is 9.98. The molecule has 156 valence electrons. The van der Waals surface area contributed by atoms with Crippen LogP contribution < -0.4 is 0 Å². The molecule has 1 aromatic heterocycles. The molecule has 0 saturated heterocycles. The molecule has 6 heteroatoms. The zero-order valence-corrected chi connectivity index (χ0v) is 17.8. The monoisotopic (exact) mass is 405 g/mol. The molecule has 0 bridgehead atoms. The van der Waals surface area contributed by atoms with Gasteiger partial charge in [-0.3, -0.25) is 14.3 Å². The third kappa shape index (κ3) is 5.56. The fraction of sp³-hybridized carbons (Fsp3) is 0.292. The van der Waals surface area contributed by atoms with E-state index in [1.54, 1.807) is 40.1 Å². The fourth-order valence-electron chi connectivity index (χ4n) is 3.14. The molecule has 0 aliphatic rings. The van der Waals surface area contributed by atoms with Crippen LogP contribution in [-0.4, -0.2) is 45.8 Å². The van der Waals surface area contributed by atoms with Gasteiger partial charge in [0, 0.05) is 25.0 Å². The van der Waals surface area contributed by atoms with E-state index in [1.807, 2.05) is 59.4 Å². The smallest absolute Gasteiger partial charge is 0.326 e. The van der Waals surface area contributed by atoms with Crippen LogP contribution in [0.15, 0.2) is 67.0 Å². The Kier molecular flexibility index (Phi) is 6.35. The highest BCUT2D eigenvalue weighted by molar-refractivity contribution is 6.01. The van der Waals surface area contributed by atoms with E-state index in [-0.39, 0.29) is 12.5 Å². The summed E-state index contributed by atoms with van der Waals surface area (Å²) >= 11 is 0. The van der Waals surface area contributed by atoms with E-state index in [0.29, 0.717) is 12.1 Å². The molecule has 0 unspecified atom stereocenters. The minimum absolute atomic E-state index is 0.104. The maximum Gasteiger partial charge on any atom is 0.326 e. The number of rotatable bonds is 6. The maximum atomic E-state index is 13.0. The quantitative estimate of drug-likeness (QED) is 0.581. The SMILES string of the molecule is CN(CC(=O)OC(C)(C)C)C(=O)c1ccccc1-c1ccc(Cn2cccn2)cc1. The van der Waals surface area contributed by atoms with E-state index in [4.69, 9.17) is 4.74 Å². The largest absolute Gasteiger partial charge is 0.459 e. The molecule has 3 rings (SSSR count). The Hall–Kier alpha value is -3.41. The molecule has 6 nitrogen and oxygen atoms in total. The predicted octanol–water partition coefficient (Wildman–Crippen LogP) is 4.01. The first-order valence-electron chi connectivity index (χ1n) is 9.86. The zero-order chi connectivity index (χ0) is 21.7. The second-order valence-electron chi connectivity index (χ2n) is 8.19. The average molecular weight is 405 g/mol. The van der Waals surface area contributed by atoms with Gasteiger partial charge in [-0.2, -0.15) is 5.10 Å². The number of hydrogen-bond acceptors (Lipinski definition) is 4. The molecule has 1 heterocycles. The Morgan fingerprint density at radius 2 is 1.73 bits per heavy atom. The van der Waals surface area contributed by atoms with E-state index >= 15 is 0 Å². The van der Waals surface area contributed by atoms with Gasteiger partial charge in [0.1, 0.15) is 12.1 Å². The summed E-state index contributed by atoms with van der Waals surface area (Å²) in [5.41, 5.74) is 2.84. The highest BCUT2D eigenvalue weighted by atomic mass is 16.6. The van der Waals surface area contributed by atoms with Crippen LogP contribution in [0.5, 0.6) is 0 Å². The van der Waals surface area contributed by atoms with Crippen molar-refractivity contribution in [3.8, 4) is 11.1 Å². The highest BCUT2D eigenvalue weighted by Gasteiger charge is 2.22. The molecule has 2 aromatic carbocycles. The molecule has 0 aliphatic heterocycles. The summed E-state index contributed by atoms with van der Waals surface area (Å²) in [7, 11) is 1.61. The van der Waals surface area contributed by atoms with Gasteiger partial charge in [-0.05, 0) is 49.6 Å². The first-order chi connectivity index (χ1) is 14.2. The van der Waals surface area contributed by atoms with Crippen molar-refractivity contribution in [2.24, 2.45) is 0 Å². The van der Waals surface area contributed by atoms with Crippen molar-refractivity contribution in [3.05, 3.63) is 78.1 Å². The van der Waals surface area contributed by atoms with Crippen molar-refractivity contribution in [3.63, 3.8) is 0 Å². The summed E-state index contributed by atoms with van der Waals surface area (Å²) in [6.07, 6.45) is 3.67. The number of amides is 1. The molecule has 0 radical (unpaired) electrons. The van der Waals surface area contributed by atoms with Gasteiger partial charge in [-0.1, -0.05) is 42.5 Å². The molecule has 30 heavy (non-hydrogen) atoms. The van der Waals surface area contributed by atoms with Crippen LogP contribution in [0.2, 0.25) is 0 Å². The summed E-state index contributed by atoms with van der Waals surface area (Å²) in [5.74, 6) is -0.657. The third-order valence-corrected chi connectivity index (χ3v) is 4.46. The van der Waals surface area contributed by atoms with E-state index in [2.05, 4.69) is 5.10 Å². The van der Waals surface area contributed by atoms with Gasteiger partial charge >= 0.3 is 5.97 Å². The number of carbonyl (C=O) groups excluding carboxylic acids is 2. The third-order valence-electron chi connectivity index (χ3n) is 4.46. The molecule has 1 amide bonds. The normalized spacial score (nSPS) is 11.2. The topological polar surface area (TPSA) is 64.4 Å². The first kappa shape index (κ1) is 21.3. The zero-order valence-electron chi connectivity index (χ0n) is 17.8. The lowest BCUT2D eigenvalue weighted by molar-refractivity contribution is -0.155. The van der Waals surface area contributed by atoms with Crippen LogP contribution in [-0.2, 0) is 16.1 Å². The number of likely N-dealkylation sites (N-methyl/N-ethyl adjacent to an activating group) is 1. The van der Waals surface area contributed by atoms with Crippen LogP contribution in [0.25, 0.3) is 11.1 Å². The van der Waals surface area contributed by atoms with Crippen LogP contribution in [0, 0.1) is 0 Å². The Balaban J connectivity index is 1.76. The Bertz CT molecular complexity index is 1000. The number of aromatic nitrogens is 2. The predicted molar refractivity (Wildman–Crippen MR) is 116 cm³/mol.